The third kappa shape index (κ3) is 2.74. The van der Waals surface area contributed by atoms with Gasteiger partial charge in [-0.2, -0.15) is 0 Å². The number of aromatic nitrogens is 2. The largest absolute Gasteiger partial charge is 0.347 e. The summed E-state index contributed by atoms with van der Waals surface area (Å²) in [5.74, 6) is 0.389. The Balaban J connectivity index is 1.87. The van der Waals surface area contributed by atoms with Gasteiger partial charge in [0.1, 0.15) is 5.52 Å². The second-order valence-electron chi connectivity index (χ2n) is 5.74. The van der Waals surface area contributed by atoms with Gasteiger partial charge < -0.3 is 10.6 Å². The number of nitrogens with zero attached hydrogens (tertiary/aromatic N) is 2. The van der Waals surface area contributed by atoms with Crippen molar-refractivity contribution in [3.63, 3.8) is 0 Å². The highest BCUT2D eigenvalue weighted by Crippen LogP contribution is 2.18. The van der Waals surface area contributed by atoms with Gasteiger partial charge in [-0.1, -0.05) is 13.0 Å². The molecule has 3 atom stereocenters. The molecule has 0 radical (unpaired) electrons. The van der Waals surface area contributed by atoms with Crippen molar-refractivity contribution in [1.29, 1.82) is 0 Å². The normalized spacial score (nSPS) is 25.7. The van der Waals surface area contributed by atoms with Crippen molar-refractivity contribution >= 4 is 16.9 Å². The Hall–Kier alpha value is -2.01. The maximum atomic E-state index is 12.6. The Bertz CT molecular complexity index is 642. The van der Waals surface area contributed by atoms with Crippen LogP contribution in [0.2, 0.25) is 0 Å². The molecule has 2 heterocycles. The van der Waals surface area contributed by atoms with Crippen molar-refractivity contribution < 1.29 is 4.79 Å². The van der Waals surface area contributed by atoms with E-state index in [0.29, 0.717) is 17.0 Å². The van der Waals surface area contributed by atoms with E-state index in [9.17, 15) is 4.79 Å². The van der Waals surface area contributed by atoms with Gasteiger partial charge in [0.15, 0.2) is 0 Å². The fourth-order valence-corrected chi connectivity index (χ4v) is 3.01. The number of benzene rings is 1. The predicted octanol–water partition coefficient (Wildman–Crippen LogP) is 1.75. The molecule has 2 aromatic rings. The van der Waals surface area contributed by atoms with E-state index in [-0.39, 0.29) is 18.0 Å². The van der Waals surface area contributed by atoms with E-state index in [2.05, 4.69) is 34.4 Å². The van der Waals surface area contributed by atoms with E-state index in [1.807, 2.05) is 12.1 Å². The first kappa shape index (κ1) is 13.9. The van der Waals surface area contributed by atoms with Crippen molar-refractivity contribution in [2.75, 3.05) is 6.54 Å². The molecule has 1 aliphatic heterocycles. The third-order valence-electron chi connectivity index (χ3n) is 4.26. The predicted molar refractivity (Wildman–Crippen MR) is 82.0 cm³/mol. The number of nitrogens with one attached hydrogen (secondary N) is 2. The summed E-state index contributed by atoms with van der Waals surface area (Å²) in [5.41, 5.74) is 1.99. The van der Waals surface area contributed by atoms with E-state index >= 15 is 0 Å². The SMILES string of the molecule is CC1CCNC(C)C1NC(=O)c1cccc2nccnc12. The van der Waals surface area contributed by atoms with Crippen molar-refractivity contribution in [3.8, 4) is 0 Å². The summed E-state index contributed by atoms with van der Waals surface area (Å²) < 4.78 is 0. The van der Waals surface area contributed by atoms with Crippen LogP contribution >= 0.6 is 0 Å². The maximum absolute atomic E-state index is 12.6. The van der Waals surface area contributed by atoms with E-state index in [0.717, 1.165) is 18.5 Å². The molecule has 21 heavy (non-hydrogen) atoms. The number of piperidine rings is 1. The minimum absolute atomic E-state index is 0.0755. The molecule has 0 saturated carbocycles. The van der Waals surface area contributed by atoms with E-state index in [1.54, 1.807) is 18.5 Å². The van der Waals surface area contributed by atoms with Crippen LogP contribution < -0.4 is 10.6 Å². The Kier molecular flexibility index (Phi) is 3.84. The van der Waals surface area contributed by atoms with Gasteiger partial charge in [0.25, 0.3) is 5.91 Å². The first-order chi connectivity index (χ1) is 10.2. The topological polar surface area (TPSA) is 66.9 Å². The lowest BCUT2D eigenvalue weighted by atomic mass is 9.89. The van der Waals surface area contributed by atoms with Crippen molar-refractivity contribution in [1.82, 2.24) is 20.6 Å². The smallest absolute Gasteiger partial charge is 0.253 e. The summed E-state index contributed by atoms with van der Waals surface area (Å²) >= 11 is 0. The van der Waals surface area contributed by atoms with Gasteiger partial charge in [-0.3, -0.25) is 14.8 Å². The number of carbonyl (C=O) groups is 1. The second-order valence-corrected chi connectivity index (χ2v) is 5.74. The Labute approximate surface area is 124 Å². The first-order valence-electron chi connectivity index (χ1n) is 7.41. The van der Waals surface area contributed by atoms with Crippen molar-refractivity contribution in [3.05, 3.63) is 36.2 Å². The summed E-state index contributed by atoms with van der Waals surface area (Å²) in [6.45, 7) is 5.31. The lowest BCUT2D eigenvalue weighted by molar-refractivity contribution is 0.0899. The molecule has 0 bridgehead atoms. The van der Waals surface area contributed by atoms with Crippen LogP contribution in [-0.4, -0.2) is 34.5 Å². The molecule has 110 valence electrons. The second kappa shape index (κ2) is 5.77. The fraction of sp³-hybridized carbons (Fsp3) is 0.438. The van der Waals surface area contributed by atoms with Gasteiger partial charge in [-0.25, -0.2) is 0 Å². The van der Waals surface area contributed by atoms with Gasteiger partial charge in [-0.05, 0) is 37.9 Å². The zero-order valence-electron chi connectivity index (χ0n) is 12.3. The molecule has 0 aliphatic carbocycles. The quantitative estimate of drug-likeness (QED) is 0.881. The van der Waals surface area contributed by atoms with Gasteiger partial charge in [0.2, 0.25) is 0 Å². The van der Waals surface area contributed by atoms with Gasteiger partial charge >= 0.3 is 0 Å². The molecule has 1 aromatic carbocycles. The van der Waals surface area contributed by atoms with Gasteiger partial charge in [0.05, 0.1) is 11.1 Å². The van der Waals surface area contributed by atoms with Crippen LogP contribution in [-0.2, 0) is 0 Å². The number of hydrogen-bond donors (Lipinski definition) is 2. The minimum Gasteiger partial charge on any atom is -0.347 e. The first-order valence-corrected chi connectivity index (χ1v) is 7.41. The maximum Gasteiger partial charge on any atom is 0.253 e. The molecular formula is C16H20N4O. The summed E-state index contributed by atoms with van der Waals surface area (Å²) in [5, 5.41) is 6.57. The van der Waals surface area contributed by atoms with Crippen LogP contribution in [0, 0.1) is 5.92 Å². The van der Waals surface area contributed by atoms with Gasteiger partial charge in [-0.15, -0.1) is 0 Å². The standard InChI is InChI=1S/C16H20N4O/c1-10-6-7-17-11(2)14(10)20-16(21)12-4-3-5-13-15(12)19-9-8-18-13/h3-5,8-11,14,17H,6-7H2,1-2H3,(H,20,21). The number of para-hydroxylation sites is 1. The fourth-order valence-electron chi connectivity index (χ4n) is 3.01. The van der Waals surface area contributed by atoms with Gasteiger partial charge in [0, 0.05) is 24.5 Å². The summed E-state index contributed by atoms with van der Waals surface area (Å²) in [4.78, 5) is 21.2. The molecule has 1 aromatic heterocycles. The highest BCUT2D eigenvalue weighted by Gasteiger charge is 2.29. The Morgan fingerprint density at radius 1 is 1.29 bits per heavy atom. The Morgan fingerprint density at radius 2 is 2.10 bits per heavy atom. The number of amides is 1. The monoisotopic (exact) mass is 284 g/mol. The number of rotatable bonds is 2. The number of carbonyl (C=O) groups excluding carboxylic acids is 1. The van der Waals surface area contributed by atoms with E-state index in [4.69, 9.17) is 0 Å². The molecular weight excluding hydrogens is 264 g/mol. The summed E-state index contributed by atoms with van der Waals surface area (Å²) in [7, 11) is 0. The minimum atomic E-state index is -0.0755. The third-order valence-corrected chi connectivity index (χ3v) is 4.26. The van der Waals surface area contributed by atoms with Crippen molar-refractivity contribution in [2.24, 2.45) is 5.92 Å². The highest BCUT2D eigenvalue weighted by atomic mass is 16.1. The summed E-state index contributed by atoms with van der Waals surface area (Å²) in [6.07, 6.45) is 4.33. The van der Waals surface area contributed by atoms with Crippen LogP contribution in [0.15, 0.2) is 30.6 Å². The molecule has 5 heteroatoms. The number of hydrogen-bond acceptors (Lipinski definition) is 4. The highest BCUT2D eigenvalue weighted by molar-refractivity contribution is 6.04. The molecule has 1 saturated heterocycles. The molecule has 0 spiro atoms. The zero-order chi connectivity index (χ0) is 14.8. The lowest BCUT2D eigenvalue weighted by Gasteiger charge is -2.36. The summed E-state index contributed by atoms with van der Waals surface area (Å²) in [6, 6.07) is 5.93. The van der Waals surface area contributed by atoms with Crippen LogP contribution in [0.4, 0.5) is 0 Å². The van der Waals surface area contributed by atoms with E-state index in [1.165, 1.54) is 0 Å². The molecule has 1 aliphatic rings. The number of fused-ring (bicyclic) bond motifs is 1. The van der Waals surface area contributed by atoms with E-state index < -0.39 is 0 Å². The van der Waals surface area contributed by atoms with Crippen LogP contribution in [0.5, 0.6) is 0 Å². The molecule has 3 unspecified atom stereocenters. The van der Waals surface area contributed by atoms with Crippen LogP contribution in [0.25, 0.3) is 11.0 Å². The average Bonchev–Trinajstić information content (AvgIpc) is 2.50. The molecule has 1 amide bonds. The molecule has 5 nitrogen and oxygen atoms in total. The van der Waals surface area contributed by atoms with Crippen LogP contribution in [0.3, 0.4) is 0 Å². The van der Waals surface area contributed by atoms with Crippen molar-refractivity contribution in [2.45, 2.75) is 32.4 Å². The average molecular weight is 284 g/mol. The molecule has 3 rings (SSSR count). The molecule has 2 N–H and O–H groups in total. The zero-order valence-corrected chi connectivity index (χ0v) is 12.3. The molecule has 1 fully saturated rings. The van der Waals surface area contributed by atoms with Crippen LogP contribution in [0.1, 0.15) is 30.6 Å². The lowest BCUT2D eigenvalue weighted by Crippen LogP contribution is -2.55. The Morgan fingerprint density at radius 3 is 2.90 bits per heavy atom.